The fourth-order valence-corrected chi connectivity index (χ4v) is 1.91. The number of aromatic nitrogens is 1. The maximum Gasteiger partial charge on any atom is 0.365 e. The maximum atomic E-state index is 11.7. The Balaban J connectivity index is 1.69. The number of aromatic amines is 1. The van der Waals surface area contributed by atoms with E-state index in [1.807, 2.05) is 36.5 Å². The van der Waals surface area contributed by atoms with Crippen molar-refractivity contribution in [2.75, 3.05) is 0 Å². The van der Waals surface area contributed by atoms with Crippen molar-refractivity contribution in [2.24, 2.45) is 5.16 Å². The average Bonchev–Trinajstić information content (AvgIpc) is 2.95. The van der Waals surface area contributed by atoms with Gasteiger partial charge in [0.2, 0.25) is 0 Å². The standard InChI is InChI=1S/C16H12N2O2/c19-16(13-4-2-1-3-5-13)20-18-11-12-6-7-15-14(10-12)8-9-17-15/h1-11,17H. The predicted molar refractivity (Wildman–Crippen MR) is 77.8 cm³/mol. The summed E-state index contributed by atoms with van der Waals surface area (Å²) < 4.78 is 0. The lowest BCUT2D eigenvalue weighted by Crippen LogP contribution is -2.00. The van der Waals surface area contributed by atoms with Crippen molar-refractivity contribution in [1.29, 1.82) is 0 Å². The highest BCUT2D eigenvalue weighted by Crippen LogP contribution is 2.13. The van der Waals surface area contributed by atoms with Crippen molar-refractivity contribution < 1.29 is 9.63 Å². The summed E-state index contributed by atoms with van der Waals surface area (Å²) >= 11 is 0. The Bertz CT molecular complexity index is 760. The van der Waals surface area contributed by atoms with Gasteiger partial charge in [0, 0.05) is 11.7 Å². The molecule has 0 aliphatic carbocycles. The lowest BCUT2D eigenvalue weighted by molar-refractivity contribution is 0.0519. The van der Waals surface area contributed by atoms with Crippen LogP contribution in [0.15, 0.2) is 65.9 Å². The first-order valence-electron chi connectivity index (χ1n) is 6.20. The molecule has 0 unspecified atom stereocenters. The lowest BCUT2D eigenvalue weighted by atomic mass is 10.2. The maximum absolute atomic E-state index is 11.7. The third kappa shape index (κ3) is 2.59. The number of rotatable bonds is 3. The number of benzene rings is 2. The molecule has 0 fully saturated rings. The second-order valence-corrected chi connectivity index (χ2v) is 4.30. The molecule has 1 aromatic heterocycles. The molecular formula is C16H12N2O2. The van der Waals surface area contributed by atoms with Crippen LogP contribution in [0.4, 0.5) is 0 Å². The molecule has 4 heteroatoms. The fourth-order valence-electron chi connectivity index (χ4n) is 1.91. The Hall–Kier alpha value is -2.88. The van der Waals surface area contributed by atoms with E-state index in [0.29, 0.717) is 5.56 Å². The summed E-state index contributed by atoms with van der Waals surface area (Å²) in [5.74, 6) is -0.468. The quantitative estimate of drug-likeness (QED) is 0.448. The van der Waals surface area contributed by atoms with Gasteiger partial charge in [-0.1, -0.05) is 29.4 Å². The summed E-state index contributed by atoms with van der Waals surface area (Å²) in [6.07, 6.45) is 3.40. The highest BCUT2D eigenvalue weighted by Gasteiger charge is 2.04. The molecule has 0 saturated heterocycles. The molecule has 0 amide bonds. The number of nitrogens with one attached hydrogen (secondary N) is 1. The zero-order valence-corrected chi connectivity index (χ0v) is 10.6. The second-order valence-electron chi connectivity index (χ2n) is 4.30. The first kappa shape index (κ1) is 12.2. The van der Waals surface area contributed by atoms with Crippen molar-refractivity contribution >= 4 is 23.1 Å². The van der Waals surface area contributed by atoms with Crippen molar-refractivity contribution in [1.82, 2.24) is 4.98 Å². The van der Waals surface area contributed by atoms with Gasteiger partial charge in [-0.15, -0.1) is 0 Å². The monoisotopic (exact) mass is 264 g/mol. The van der Waals surface area contributed by atoms with Crippen LogP contribution in [0.2, 0.25) is 0 Å². The van der Waals surface area contributed by atoms with E-state index in [1.54, 1.807) is 24.3 Å². The van der Waals surface area contributed by atoms with E-state index in [0.717, 1.165) is 16.5 Å². The average molecular weight is 264 g/mol. The molecule has 0 bridgehead atoms. The van der Waals surface area contributed by atoms with E-state index < -0.39 is 5.97 Å². The van der Waals surface area contributed by atoms with Crippen LogP contribution < -0.4 is 0 Å². The number of carbonyl (C=O) groups is 1. The van der Waals surface area contributed by atoms with Crippen LogP contribution in [-0.4, -0.2) is 17.2 Å². The zero-order valence-electron chi connectivity index (χ0n) is 10.6. The number of H-pyrrole nitrogens is 1. The second kappa shape index (κ2) is 5.40. The molecule has 1 heterocycles. The molecule has 0 aliphatic heterocycles. The number of oxime groups is 1. The number of hydrogen-bond acceptors (Lipinski definition) is 3. The van der Waals surface area contributed by atoms with Gasteiger partial charge in [0.05, 0.1) is 11.8 Å². The predicted octanol–water partition coefficient (Wildman–Crippen LogP) is 3.36. The van der Waals surface area contributed by atoms with Crippen LogP contribution in [0.1, 0.15) is 15.9 Å². The molecule has 0 spiro atoms. The van der Waals surface area contributed by atoms with Crippen LogP contribution in [0.5, 0.6) is 0 Å². The minimum atomic E-state index is -0.468. The van der Waals surface area contributed by atoms with Crippen molar-refractivity contribution in [3.05, 3.63) is 71.9 Å². The van der Waals surface area contributed by atoms with Crippen LogP contribution >= 0.6 is 0 Å². The van der Waals surface area contributed by atoms with E-state index >= 15 is 0 Å². The molecule has 1 N–H and O–H groups in total. The molecule has 4 nitrogen and oxygen atoms in total. The van der Waals surface area contributed by atoms with Gasteiger partial charge in [-0.3, -0.25) is 0 Å². The highest BCUT2D eigenvalue weighted by molar-refractivity contribution is 5.91. The van der Waals surface area contributed by atoms with Gasteiger partial charge in [-0.05, 0) is 41.3 Å². The number of carbonyl (C=O) groups excluding carboxylic acids is 1. The summed E-state index contributed by atoms with van der Waals surface area (Å²) in [7, 11) is 0. The minimum absolute atomic E-state index is 0.468. The molecule has 3 aromatic rings. The Kier molecular flexibility index (Phi) is 3.29. The van der Waals surface area contributed by atoms with Gasteiger partial charge in [-0.25, -0.2) is 4.79 Å². The Morgan fingerprint density at radius 3 is 2.80 bits per heavy atom. The Morgan fingerprint density at radius 1 is 1.10 bits per heavy atom. The molecule has 2 aromatic carbocycles. The number of fused-ring (bicyclic) bond motifs is 1. The SMILES string of the molecule is O=C(ON=Cc1ccc2[nH]ccc2c1)c1ccccc1. The van der Waals surface area contributed by atoms with Crippen molar-refractivity contribution in [2.45, 2.75) is 0 Å². The van der Waals surface area contributed by atoms with E-state index in [4.69, 9.17) is 4.84 Å². The largest absolute Gasteiger partial charge is 0.365 e. The van der Waals surface area contributed by atoms with Crippen LogP contribution in [0.3, 0.4) is 0 Å². The molecule has 20 heavy (non-hydrogen) atoms. The summed E-state index contributed by atoms with van der Waals surface area (Å²) in [5.41, 5.74) is 2.41. The third-order valence-electron chi connectivity index (χ3n) is 2.92. The zero-order chi connectivity index (χ0) is 13.8. The molecular weight excluding hydrogens is 252 g/mol. The normalized spacial score (nSPS) is 11.0. The summed E-state index contributed by atoms with van der Waals surface area (Å²) in [4.78, 5) is 19.6. The van der Waals surface area contributed by atoms with E-state index in [9.17, 15) is 4.79 Å². The van der Waals surface area contributed by atoms with E-state index in [-0.39, 0.29) is 0 Å². The summed E-state index contributed by atoms with van der Waals surface area (Å²) in [6.45, 7) is 0. The molecule has 0 aliphatic rings. The van der Waals surface area contributed by atoms with E-state index in [1.165, 1.54) is 6.21 Å². The van der Waals surface area contributed by atoms with Gasteiger partial charge in [-0.2, -0.15) is 0 Å². The van der Waals surface area contributed by atoms with Gasteiger partial charge in [0.25, 0.3) is 0 Å². The number of nitrogens with zero attached hydrogens (tertiary/aromatic N) is 1. The van der Waals surface area contributed by atoms with Crippen LogP contribution in [0.25, 0.3) is 10.9 Å². The molecule has 0 atom stereocenters. The molecule has 98 valence electrons. The topological polar surface area (TPSA) is 54.4 Å². The highest BCUT2D eigenvalue weighted by atomic mass is 16.7. The molecule has 0 saturated carbocycles. The fraction of sp³-hybridized carbons (Fsp3) is 0. The summed E-state index contributed by atoms with van der Waals surface area (Å²) in [6, 6.07) is 16.6. The van der Waals surface area contributed by atoms with E-state index in [2.05, 4.69) is 10.1 Å². The van der Waals surface area contributed by atoms with Crippen LogP contribution in [0, 0.1) is 0 Å². The van der Waals surface area contributed by atoms with Gasteiger partial charge in [0.1, 0.15) is 0 Å². The van der Waals surface area contributed by atoms with Crippen molar-refractivity contribution in [3.63, 3.8) is 0 Å². The van der Waals surface area contributed by atoms with Gasteiger partial charge in [0.15, 0.2) is 0 Å². The molecule has 0 radical (unpaired) electrons. The minimum Gasteiger partial charge on any atom is -0.361 e. The van der Waals surface area contributed by atoms with Gasteiger partial charge < -0.3 is 9.82 Å². The van der Waals surface area contributed by atoms with Crippen molar-refractivity contribution in [3.8, 4) is 0 Å². The first-order valence-corrected chi connectivity index (χ1v) is 6.20. The summed E-state index contributed by atoms with van der Waals surface area (Å²) in [5, 5.41) is 4.81. The Labute approximate surface area is 115 Å². The Morgan fingerprint density at radius 2 is 1.95 bits per heavy atom. The van der Waals surface area contributed by atoms with Gasteiger partial charge >= 0.3 is 5.97 Å². The van der Waals surface area contributed by atoms with Crippen LogP contribution in [-0.2, 0) is 4.84 Å². The first-order chi connectivity index (χ1) is 9.83. The smallest absolute Gasteiger partial charge is 0.361 e. The number of hydrogen-bond donors (Lipinski definition) is 1. The third-order valence-corrected chi connectivity index (χ3v) is 2.92. The lowest BCUT2D eigenvalue weighted by Gasteiger charge is -1.97. The molecule has 3 rings (SSSR count).